The van der Waals surface area contributed by atoms with Crippen LogP contribution in [-0.4, -0.2) is 5.11 Å². The third-order valence-electron chi connectivity index (χ3n) is 2.30. The van der Waals surface area contributed by atoms with Crippen molar-refractivity contribution in [2.45, 2.75) is 6.61 Å². The molecule has 2 nitrogen and oxygen atoms in total. The molecule has 1 N–H and O–H groups in total. The van der Waals surface area contributed by atoms with Crippen molar-refractivity contribution in [3.05, 3.63) is 58.1 Å². The lowest BCUT2D eigenvalue weighted by molar-refractivity contribution is 0.289. The second-order valence-corrected chi connectivity index (χ2v) is 4.27. The number of phenols is 1. The van der Waals surface area contributed by atoms with Crippen LogP contribution in [0.3, 0.4) is 0 Å². The third-order valence-corrected chi connectivity index (χ3v) is 3.01. The topological polar surface area (TPSA) is 29.5 Å². The Morgan fingerprint density at radius 1 is 0.941 bits per heavy atom. The molecule has 4 heteroatoms. The lowest BCUT2D eigenvalue weighted by atomic mass is 10.2. The Kier molecular flexibility index (Phi) is 3.77. The summed E-state index contributed by atoms with van der Waals surface area (Å²) in [6.45, 7) is 0.218. The van der Waals surface area contributed by atoms with Crippen molar-refractivity contribution in [1.82, 2.24) is 0 Å². The molecule has 88 valence electrons. The van der Waals surface area contributed by atoms with Gasteiger partial charge in [-0.2, -0.15) is 0 Å². The molecule has 0 heterocycles. The normalized spacial score (nSPS) is 10.2. The summed E-state index contributed by atoms with van der Waals surface area (Å²) in [6.07, 6.45) is 0. The van der Waals surface area contributed by atoms with Gasteiger partial charge in [-0.15, -0.1) is 0 Å². The molecule has 0 radical (unpaired) electrons. The van der Waals surface area contributed by atoms with Gasteiger partial charge in [-0.05, 0) is 24.3 Å². The van der Waals surface area contributed by atoms with Gasteiger partial charge in [0, 0.05) is 15.6 Å². The van der Waals surface area contributed by atoms with E-state index in [4.69, 9.17) is 27.9 Å². The molecule has 0 fully saturated rings. The highest BCUT2D eigenvalue weighted by Crippen LogP contribution is 2.29. The fraction of sp³-hybridized carbons (Fsp3) is 0.0769. The molecule has 2 rings (SSSR count). The highest BCUT2D eigenvalue weighted by molar-refractivity contribution is 6.35. The highest BCUT2D eigenvalue weighted by Gasteiger charge is 2.07. The van der Waals surface area contributed by atoms with Gasteiger partial charge >= 0.3 is 0 Å². The first-order chi connectivity index (χ1) is 8.18. The van der Waals surface area contributed by atoms with Crippen LogP contribution in [0.15, 0.2) is 42.5 Å². The second-order valence-electron chi connectivity index (χ2n) is 3.46. The van der Waals surface area contributed by atoms with Gasteiger partial charge in [-0.3, -0.25) is 0 Å². The number of benzene rings is 2. The van der Waals surface area contributed by atoms with Crippen molar-refractivity contribution in [1.29, 1.82) is 0 Å². The highest BCUT2D eigenvalue weighted by atomic mass is 35.5. The predicted molar refractivity (Wildman–Crippen MR) is 68.9 cm³/mol. The van der Waals surface area contributed by atoms with Crippen molar-refractivity contribution in [3.8, 4) is 11.5 Å². The van der Waals surface area contributed by atoms with E-state index in [2.05, 4.69) is 0 Å². The van der Waals surface area contributed by atoms with Crippen LogP contribution >= 0.6 is 23.2 Å². The molecule has 0 aliphatic heterocycles. The molecule has 0 unspecified atom stereocenters. The Morgan fingerprint density at radius 3 is 2.24 bits per heavy atom. The Morgan fingerprint density at radius 2 is 1.59 bits per heavy atom. The summed E-state index contributed by atoms with van der Waals surface area (Å²) in [7, 11) is 0. The Hall–Kier alpha value is -1.38. The molecule has 0 atom stereocenters. The maximum Gasteiger partial charge on any atom is 0.161 e. The number of halogens is 2. The van der Waals surface area contributed by atoms with E-state index in [1.165, 1.54) is 0 Å². The van der Waals surface area contributed by atoms with Crippen LogP contribution < -0.4 is 4.74 Å². The summed E-state index contributed by atoms with van der Waals surface area (Å²) in [5, 5.41) is 10.6. The van der Waals surface area contributed by atoms with E-state index in [0.717, 1.165) is 0 Å². The van der Waals surface area contributed by atoms with E-state index in [1.807, 2.05) is 0 Å². The predicted octanol–water partition coefficient (Wildman–Crippen LogP) is 4.28. The smallest absolute Gasteiger partial charge is 0.161 e. The Labute approximate surface area is 109 Å². The Balaban J connectivity index is 2.16. The molecule has 0 saturated carbocycles. The zero-order valence-electron chi connectivity index (χ0n) is 8.86. The van der Waals surface area contributed by atoms with Gasteiger partial charge in [0.2, 0.25) is 0 Å². The minimum absolute atomic E-state index is 0.0932. The zero-order valence-corrected chi connectivity index (χ0v) is 10.4. The summed E-state index contributed by atoms with van der Waals surface area (Å²) >= 11 is 12.0. The minimum atomic E-state index is 0.0932. The van der Waals surface area contributed by atoms with E-state index in [0.29, 0.717) is 21.4 Å². The molecule has 17 heavy (non-hydrogen) atoms. The van der Waals surface area contributed by atoms with E-state index in [9.17, 15) is 5.11 Å². The molecule has 0 aliphatic rings. The number of aromatic hydroxyl groups is 1. The fourth-order valence-electron chi connectivity index (χ4n) is 1.40. The van der Waals surface area contributed by atoms with Crippen molar-refractivity contribution in [3.63, 3.8) is 0 Å². The minimum Gasteiger partial charge on any atom is -0.504 e. The average molecular weight is 269 g/mol. The summed E-state index contributed by atoms with van der Waals surface area (Å²) in [6, 6.07) is 12.0. The van der Waals surface area contributed by atoms with E-state index >= 15 is 0 Å². The maximum atomic E-state index is 9.54. The number of hydrogen-bond acceptors (Lipinski definition) is 2. The summed E-state index contributed by atoms with van der Waals surface area (Å²) < 4.78 is 5.47. The molecular weight excluding hydrogens is 259 g/mol. The van der Waals surface area contributed by atoms with Crippen LogP contribution in [-0.2, 0) is 6.61 Å². The number of hydrogen-bond donors (Lipinski definition) is 1. The van der Waals surface area contributed by atoms with Gasteiger partial charge in [-0.1, -0.05) is 41.4 Å². The summed E-state index contributed by atoms with van der Waals surface area (Å²) in [5.41, 5.74) is 0.707. The molecule has 0 spiro atoms. The van der Waals surface area contributed by atoms with Crippen LogP contribution in [0.1, 0.15) is 5.56 Å². The largest absolute Gasteiger partial charge is 0.504 e. The third kappa shape index (κ3) is 2.84. The fourth-order valence-corrected chi connectivity index (χ4v) is 1.91. The second kappa shape index (κ2) is 5.30. The molecule has 2 aromatic rings. The van der Waals surface area contributed by atoms with Gasteiger partial charge in [0.05, 0.1) is 0 Å². The molecule has 0 amide bonds. The standard InChI is InChI=1S/C13H10Cl2O2/c14-10-4-3-5-11(15)9(10)8-17-13-7-2-1-6-12(13)16/h1-7,16H,8H2. The zero-order chi connectivity index (χ0) is 12.3. The maximum absolute atomic E-state index is 9.54. The summed E-state index contributed by atoms with van der Waals surface area (Å²) in [4.78, 5) is 0. The van der Waals surface area contributed by atoms with E-state index < -0.39 is 0 Å². The van der Waals surface area contributed by atoms with Crippen molar-refractivity contribution >= 4 is 23.2 Å². The molecular formula is C13H10Cl2O2. The lowest BCUT2D eigenvalue weighted by Crippen LogP contribution is -1.97. The van der Waals surface area contributed by atoms with Gasteiger partial charge in [0.15, 0.2) is 11.5 Å². The number of para-hydroxylation sites is 2. The van der Waals surface area contributed by atoms with Crippen molar-refractivity contribution in [2.75, 3.05) is 0 Å². The van der Waals surface area contributed by atoms with Crippen LogP contribution in [0.5, 0.6) is 11.5 Å². The van der Waals surface area contributed by atoms with Crippen molar-refractivity contribution < 1.29 is 9.84 Å². The molecule has 0 bridgehead atoms. The monoisotopic (exact) mass is 268 g/mol. The van der Waals surface area contributed by atoms with Crippen LogP contribution in [0.4, 0.5) is 0 Å². The first kappa shape index (κ1) is 12.1. The SMILES string of the molecule is Oc1ccccc1OCc1c(Cl)cccc1Cl. The van der Waals surface area contributed by atoms with Gasteiger partial charge in [-0.25, -0.2) is 0 Å². The van der Waals surface area contributed by atoms with Gasteiger partial charge in [0.25, 0.3) is 0 Å². The van der Waals surface area contributed by atoms with E-state index in [1.54, 1.807) is 42.5 Å². The van der Waals surface area contributed by atoms with Gasteiger partial charge in [0.1, 0.15) is 6.61 Å². The first-order valence-corrected chi connectivity index (χ1v) is 5.78. The van der Waals surface area contributed by atoms with Gasteiger partial charge < -0.3 is 9.84 Å². The van der Waals surface area contributed by atoms with Crippen LogP contribution in [0, 0.1) is 0 Å². The molecule has 0 aliphatic carbocycles. The first-order valence-electron chi connectivity index (χ1n) is 5.02. The lowest BCUT2D eigenvalue weighted by Gasteiger charge is -2.10. The van der Waals surface area contributed by atoms with Crippen LogP contribution in [0.2, 0.25) is 10.0 Å². The summed E-state index contributed by atoms with van der Waals surface area (Å²) in [5.74, 6) is 0.499. The average Bonchev–Trinajstić information content (AvgIpc) is 2.30. The molecule has 2 aromatic carbocycles. The number of ether oxygens (including phenoxy) is 1. The Bertz CT molecular complexity index is 506. The number of phenolic OH excluding ortho intramolecular Hbond substituents is 1. The number of rotatable bonds is 3. The van der Waals surface area contributed by atoms with Crippen LogP contribution in [0.25, 0.3) is 0 Å². The molecule has 0 saturated heterocycles. The van der Waals surface area contributed by atoms with Crippen molar-refractivity contribution in [2.24, 2.45) is 0 Å². The van der Waals surface area contributed by atoms with E-state index in [-0.39, 0.29) is 12.4 Å². The quantitative estimate of drug-likeness (QED) is 0.901. The molecule has 0 aromatic heterocycles.